The first-order valence-electron chi connectivity index (χ1n) is 21.0. The van der Waals surface area contributed by atoms with Crippen molar-refractivity contribution >= 4 is 43.6 Å². The Kier molecular flexibility index (Phi) is 8.42. The van der Waals surface area contributed by atoms with Crippen molar-refractivity contribution in [1.82, 2.24) is 24.1 Å². The summed E-state index contributed by atoms with van der Waals surface area (Å²) in [5, 5.41) is 4.57. The van der Waals surface area contributed by atoms with E-state index < -0.39 is 0 Å². The van der Waals surface area contributed by atoms with Crippen LogP contribution in [0.4, 0.5) is 0 Å². The fraction of sp³-hybridized carbons (Fsp3) is 0. The lowest BCUT2D eigenvalue weighted by molar-refractivity contribution is 0.953. The van der Waals surface area contributed by atoms with Crippen LogP contribution in [0.2, 0.25) is 0 Å². The Labute approximate surface area is 358 Å². The Hall–Kier alpha value is -8.41. The zero-order valence-electron chi connectivity index (χ0n) is 33.6. The fourth-order valence-electron chi connectivity index (χ4n) is 9.29. The predicted molar refractivity (Wildman–Crippen MR) is 256 cm³/mol. The van der Waals surface area contributed by atoms with E-state index in [0.29, 0.717) is 17.6 Å². The Morgan fingerprint density at radius 3 is 1.31 bits per heavy atom. The maximum atomic E-state index is 5.52. The average Bonchev–Trinajstić information content (AvgIpc) is 3.88. The van der Waals surface area contributed by atoms with Crippen molar-refractivity contribution < 1.29 is 0 Å². The minimum atomic E-state index is 0.548. The molecule has 0 bridgehead atoms. The third-order valence-electron chi connectivity index (χ3n) is 12.0. The molecular weight excluding hydrogens is 755 g/mol. The molecule has 0 saturated heterocycles. The number of fused-ring (bicyclic) bond motifs is 7. The van der Waals surface area contributed by atoms with Crippen LogP contribution in [0, 0.1) is 0 Å². The number of hydrogen-bond donors (Lipinski definition) is 0. The van der Waals surface area contributed by atoms with Crippen LogP contribution in [0.5, 0.6) is 0 Å². The van der Waals surface area contributed by atoms with Crippen molar-refractivity contribution in [3.05, 3.63) is 224 Å². The molecule has 0 aliphatic heterocycles. The van der Waals surface area contributed by atoms with Gasteiger partial charge in [-0.25, -0.2) is 4.98 Å². The van der Waals surface area contributed by atoms with Crippen LogP contribution in [0.15, 0.2) is 224 Å². The fourth-order valence-corrected chi connectivity index (χ4v) is 9.29. The molecule has 0 aliphatic rings. The monoisotopic (exact) mass is 791 g/mol. The highest BCUT2D eigenvalue weighted by Gasteiger charge is 2.25. The summed E-state index contributed by atoms with van der Waals surface area (Å²) in [5.74, 6) is 1.75. The zero-order valence-corrected chi connectivity index (χ0v) is 33.6. The summed E-state index contributed by atoms with van der Waals surface area (Å²) in [6.45, 7) is 0. The van der Waals surface area contributed by atoms with E-state index in [1.165, 1.54) is 5.39 Å². The lowest BCUT2D eigenvalue weighted by atomic mass is 9.91. The van der Waals surface area contributed by atoms with Gasteiger partial charge in [-0.2, -0.15) is 9.97 Å². The third kappa shape index (κ3) is 5.75. The van der Waals surface area contributed by atoms with Crippen LogP contribution in [-0.4, -0.2) is 24.1 Å². The van der Waals surface area contributed by atoms with E-state index in [1.807, 2.05) is 18.2 Å². The van der Waals surface area contributed by atoms with Crippen molar-refractivity contribution in [3.63, 3.8) is 0 Å². The molecule has 0 saturated carbocycles. The highest BCUT2D eigenvalue weighted by atomic mass is 15.2. The molecular formula is C57H37N5. The van der Waals surface area contributed by atoms with E-state index in [9.17, 15) is 0 Å². The van der Waals surface area contributed by atoms with Crippen LogP contribution in [0.1, 0.15) is 0 Å². The molecule has 0 radical (unpaired) electrons. The number of rotatable bonds is 7. The number of nitrogens with zero attached hydrogens (tertiary/aromatic N) is 5. The lowest BCUT2D eigenvalue weighted by Crippen LogP contribution is -2.07. The van der Waals surface area contributed by atoms with Gasteiger partial charge in [0.25, 0.3) is 0 Å². The van der Waals surface area contributed by atoms with E-state index in [-0.39, 0.29) is 0 Å². The highest BCUT2D eigenvalue weighted by molar-refractivity contribution is 6.24. The third-order valence-corrected chi connectivity index (χ3v) is 12.0. The zero-order chi connectivity index (χ0) is 41.0. The van der Waals surface area contributed by atoms with Gasteiger partial charge in [0.1, 0.15) is 0 Å². The van der Waals surface area contributed by atoms with Crippen molar-refractivity contribution in [2.75, 3.05) is 0 Å². The Morgan fingerprint density at radius 1 is 0.258 bits per heavy atom. The maximum absolute atomic E-state index is 5.52. The first kappa shape index (κ1) is 35.5. The van der Waals surface area contributed by atoms with Gasteiger partial charge in [-0.05, 0) is 46.0 Å². The van der Waals surface area contributed by atoms with Gasteiger partial charge >= 0.3 is 0 Å². The van der Waals surface area contributed by atoms with Gasteiger partial charge in [-0.15, -0.1) is 0 Å². The molecule has 0 N–H and O–H groups in total. The van der Waals surface area contributed by atoms with Crippen LogP contribution < -0.4 is 0 Å². The van der Waals surface area contributed by atoms with E-state index in [2.05, 4.69) is 215 Å². The molecule has 0 spiro atoms. The highest BCUT2D eigenvalue weighted by Crippen LogP contribution is 2.44. The minimum Gasteiger partial charge on any atom is -0.307 e. The minimum absolute atomic E-state index is 0.548. The second-order valence-corrected chi connectivity index (χ2v) is 15.6. The second-order valence-electron chi connectivity index (χ2n) is 15.6. The van der Waals surface area contributed by atoms with Crippen molar-refractivity contribution in [2.45, 2.75) is 0 Å². The quantitative estimate of drug-likeness (QED) is 0.162. The first-order valence-corrected chi connectivity index (χ1v) is 21.0. The molecule has 0 fully saturated rings. The molecule has 0 atom stereocenters. The number of aromatic nitrogens is 5. The Balaban J connectivity index is 1.19. The summed E-state index contributed by atoms with van der Waals surface area (Å²) in [4.78, 5) is 16.2. The van der Waals surface area contributed by atoms with Crippen LogP contribution >= 0.6 is 0 Å². The van der Waals surface area contributed by atoms with Gasteiger partial charge in [0.05, 0.1) is 27.8 Å². The topological polar surface area (TPSA) is 48.5 Å². The molecule has 290 valence electrons. The molecule has 9 aromatic carbocycles. The molecule has 5 heteroatoms. The van der Waals surface area contributed by atoms with E-state index in [1.54, 1.807) is 0 Å². The van der Waals surface area contributed by atoms with Gasteiger partial charge in [-0.1, -0.05) is 206 Å². The maximum Gasteiger partial charge on any atom is 0.238 e. The normalized spacial score (nSPS) is 11.5. The molecule has 12 aromatic rings. The number of benzene rings is 9. The van der Waals surface area contributed by atoms with Crippen LogP contribution in [0.3, 0.4) is 0 Å². The first-order chi connectivity index (χ1) is 30.8. The molecule has 0 unspecified atom stereocenters. The standard InChI is InChI=1S/C57H37N5/c1-4-20-38(21-5-1)41-26-10-11-28-43(41)44-29-12-13-32-49(44)56-58-55(40-24-8-3-9-25-40)59-57(60-56)62-52-35-19-16-31-46(52)48-37-36-47-45-30-15-18-34-51(45)61(53(47)54(48)62)50-33-17-14-27-42(50)39-22-6-2-7-23-39/h1-37H. The second kappa shape index (κ2) is 14.7. The summed E-state index contributed by atoms with van der Waals surface area (Å²) in [6.07, 6.45) is 0. The van der Waals surface area contributed by atoms with Gasteiger partial charge in [0.15, 0.2) is 11.6 Å². The summed E-state index contributed by atoms with van der Waals surface area (Å²) in [6, 6.07) is 79.1. The Morgan fingerprint density at radius 2 is 0.677 bits per heavy atom. The largest absolute Gasteiger partial charge is 0.307 e. The van der Waals surface area contributed by atoms with E-state index >= 15 is 0 Å². The summed E-state index contributed by atoms with van der Waals surface area (Å²) < 4.78 is 4.71. The lowest BCUT2D eigenvalue weighted by Gasteiger charge is -2.17. The van der Waals surface area contributed by atoms with Crippen molar-refractivity contribution in [1.29, 1.82) is 0 Å². The molecule has 3 heterocycles. The average molecular weight is 792 g/mol. The van der Waals surface area contributed by atoms with E-state index in [4.69, 9.17) is 15.0 Å². The van der Waals surface area contributed by atoms with Crippen LogP contribution in [0.25, 0.3) is 111 Å². The van der Waals surface area contributed by atoms with E-state index in [0.717, 1.165) is 88.4 Å². The Bertz CT molecular complexity index is 3620. The van der Waals surface area contributed by atoms with Crippen molar-refractivity contribution in [2.24, 2.45) is 0 Å². The van der Waals surface area contributed by atoms with Gasteiger partial charge < -0.3 is 4.57 Å². The molecule has 0 amide bonds. The smallest absolute Gasteiger partial charge is 0.238 e. The molecule has 5 nitrogen and oxygen atoms in total. The SMILES string of the molecule is c1ccc(-c2nc(-c3ccccc3-c3ccccc3-c3ccccc3)nc(-n3c4ccccc4c4ccc5c6ccccc6n(-c6ccccc6-c6ccccc6)c5c43)n2)cc1. The molecule has 62 heavy (non-hydrogen) atoms. The van der Waals surface area contributed by atoms with Gasteiger partial charge in [-0.3, -0.25) is 4.57 Å². The summed E-state index contributed by atoms with van der Waals surface area (Å²) >= 11 is 0. The molecule has 12 rings (SSSR count). The summed E-state index contributed by atoms with van der Waals surface area (Å²) in [5.41, 5.74) is 14.0. The predicted octanol–water partition coefficient (Wildman–Crippen LogP) is 14.4. The van der Waals surface area contributed by atoms with Gasteiger partial charge in [0, 0.05) is 38.2 Å². The summed E-state index contributed by atoms with van der Waals surface area (Å²) in [7, 11) is 0. The van der Waals surface area contributed by atoms with Gasteiger partial charge in [0.2, 0.25) is 5.95 Å². The van der Waals surface area contributed by atoms with Crippen molar-refractivity contribution in [3.8, 4) is 67.8 Å². The van der Waals surface area contributed by atoms with Crippen LogP contribution in [-0.2, 0) is 0 Å². The molecule has 0 aliphatic carbocycles. The number of hydrogen-bond acceptors (Lipinski definition) is 3. The molecule has 3 aromatic heterocycles. The number of para-hydroxylation sites is 3.